The largest absolute Gasteiger partial charge is 0.382 e. The molecule has 2 atom stereocenters. The molecule has 5 heteroatoms. The third-order valence-corrected chi connectivity index (χ3v) is 2.74. The van der Waals surface area contributed by atoms with Crippen LogP contribution in [0.1, 0.15) is 37.7 Å². The van der Waals surface area contributed by atoms with E-state index in [9.17, 15) is 4.79 Å². The van der Waals surface area contributed by atoms with Gasteiger partial charge < -0.3 is 11.1 Å². The second-order valence-corrected chi connectivity index (χ2v) is 3.98. The average Bonchev–Trinajstić information content (AvgIpc) is 2.27. The number of hydrogen-bond acceptors (Lipinski definition) is 4. The van der Waals surface area contributed by atoms with Crippen molar-refractivity contribution >= 4 is 11.7 Å². The minimum Gasteiger partial charge on any atom is -0.382 e. The number of amides is 1. The van der Waals surface area contributed by atoms with Gasteiger partial charge in [0.1, 0.15) is 11.5 Å². The van der Waals surface area contributed by atoms with Crippen LogP contribution in [0.3, 0.4) is 0 Å². The Morgan fingerprint density at radius 3 is 2.75 bits per heavy atom. The van der Waals surface area contributed by atoms with Crippen LogP contribution >= 0.6 is 0 Å². The average molecular weight is 222 g/mol. The molecule has 1 aromatic rings. The lowest BCUT2D eigenvalue weighted by Gasteiger charge is -2.19. The summed E-state index contributed by atoms with van der Waals surface area (Å²) in [6, 6.07) is 0.112. The molecule has 0 aliphatic rings. The summed E-state index contributed by atoms with van der Waals surface area (Å²) in [4.78, 5) is 19.5. The first kappa shape index (κ1) is 12.4. The van der Waals surface area contributed by atoms with Crippen molar-refractivity contribution in [3.05, 3.63) is 18.1 Å². The number of anilines is 1. The van der Waals surface area contributed by atoms with E-state index in [-0.39, 0.29) is 23.5 Å². The number of hydrogen-bond donors (Lipinski definition) is 2. The molecule has 0 fully saturated rings. The smallest absolute Gasteiger partial charge is 0.271 e. The van der Waals surface area contributed by atoms with Gasteiger partial charge in [0.25, 0.3) is 5.91 Å². The number of aromatic nitrogens is 2. The Morgan fingerprint density at radius 1 is 1.50 bits per heavy atom. The van der Waals surface area contributed by atoms with E-state index < -0.39 is 0 Å². The summed E-state index contributed by atoms with van der Waals surface area (Å²) < 4.78 is 0. The van der Waals surface area contributed by atoms with Gasteiger partial charge >= 0.3 is 0 Å². The van der Waals surface area contributed by atoms with Crippen molar-refractivity contribution in [2.24, 2.45) is 5.92 Å². The summed E-state index contributed by atoms with van der Waals surface area (Å²) >= 11 is 0. The lowest BCUT2D eigenvalue weighted by molar-refractivity contribution is 0.0923. The Balaban J connectivity index is 2.66. The Morgan fingerprint density at radius 2 is 2.19 bits per heavy atom. The van der Waals surface area contributed by atoms with Crippen LogP contribution in [0.2, 0.25) is 0 Å². The standard InChI is InChI=1S/C11H18N4O/c1-4-7(2)8(3)14-11(16)9-5-13-6-10(12)15-9/h5-8H,4H2,1-3H3,(H2,12,15)(H,14,16). The molecule has 1 amide bonds. The molecule has 88 valence electrons. The molecule has 2 unspecified atom stereocenters. The van der Waals surface area contributed by atoms with Crippen LogP contribution in [-0.4, -0.2) is 21.9 Å². The van der Waals surface area contributed by atoms with Gasteiger partial charge in [-0.25, -0.2) is 4.98 Å². The van der Waals surface area contributed by atoms with Gasteiger partial charge in [0.15, 0.2) is 0 Å². The number of rotatable bonds is 4. The second-order valence-electron chi connectivity index (χ2n) is 3.98. The predicted molar refractivity (Wildman–Crippen MR) is 62.8 cm³/mol. The summed E-state index contributed by atoms with van der Waals surface area (Å²) in [5, 5.41) is 2.88. The molecular weight excluding hydrogens is 204 g/mol. The fraction of sp³-hybridized carbons (Fsp3) is 0.545. The highest BCUT2D eigenvalue weighted by Crippen LogP contribution is 2.07. The van der Waals surface area contributed by atoms with Crippen molar-refractivity contribution in [2.45, 2.75) is 33.2 Å². The van der Waals surface area contributed by atoms with E-state index in [0.29, 0.717) is 5.92 Å². The maximum atomic E-state index is 11.8. The molecule has 0 saturated heterocycles. The van der Waals surface area contributed by atoms with Gasteiger partial charge in [0.2, 0.25) is 0 Å². The first-order valence-electron chi connectivity index (χ1n) is 5.43. The van der Waals surface area contributed by atoms with Gasteiger partial charge in [-0.15, -0.1) is 0 Å². The maximum absolute atomic E-state index is 11.8. The van der Waals surface area contributed by atoms with Crippen molar-refractivity contribution in [1.82, 2.24) is 15.3 Å². The van der Waals surface area contributed by atoms with Crippen LogP contribution in [0.25, 0.3) is 0 Å². The molecule has 1 rings (SSSR count). The zero-order valence-electron chi connectivity index (χ0n) is 9.90. The molecule has 0 bridgehead atoms. The number of nitrogens with one attached hydrogen (secondary N) is 1. The van der Waals surface area contributed by atoms with Crippen LogP contribution in [0.15, 0.2) is 12.4 Å². The van der Waals surface area contributed by atoms with E-state index in [1.165, 1.54) is 12.4 Å². The molecule has 0 radical (unpaired) electrons. The van der Waals surface area contributed by atoms with Crippen molar-refractivity contribution in [2.75, 3.05) is 5.73 Å². The highest BCUT2D eigenvalue weighted by molar-refractivity contribution is 5.92. The fourth-order valence-electron chi connectivity index (χ4n) is 1.27. The van der Waals surface area contributed by atoms with E-state index in [0.717, 1.165) is 6.42 Å². The number of nitrogen functional groups attached to an aromatic ring is 1. The van der Waals surface area contributed by atoms with Crippen LogP contribution < -0.4 is 11.1 Å². The third-order valence-electron chi connectivity index (χ3n) is 2.74. The van der Waals surface area contributed by atoms with Crippen LogP contribution in [-0.2, 0) is 0 Å². The minimum absolute atomic E-state index is 0.112. The molecule has 5 nitrogen and oxygen atoms in total. The second kappa shape index (κ2) is 5.44. The van der Waals surface area contributed by atoms with Gasteiger partial charge in [0.05, 0.1) is 12.4 Å². The molecule has 0 spiro atoms. The summed E-state index contributed by atoms with van der Waals surface area (Å²) in [7, 11) is 0. The monoisotopic (exact) mass is 222 g/mol. The van der Waals surface area contributed by atoms with E-state index in [1.54, 1.807) is 0 Å². The zero-order valence-corrected chi connectivity index (χ0v) is 9.90. The third kappa shape index (κ3) is 3.18. The first-order chi connectivity index (χ1) is 7.54. The van der Waals surface area contributed by atoms with Crippen LogP contribution in [0.5, 0.6) is 0 Å². The van der Waals surface area contributed by atoms with E-state index >= 15 is 0 Å². The summed E-state index contributed by atoms with van der Waals surface area (Å²) in [5.41, 5.74) is 5.72. The zero-order chi connectivity index (χ0) is 12.1. The van der Waals surface area contributed by atoms with Gasteiger partial charge in [-0.05, 0) is 12.8 Å². The van der Waals surface area contributed by atoms with Crippen molar-refractivity contribution in [3.63, 3.8) is 0 Å². The molecule has 0 aliphatic heterocycles. The minimum atomic E-state index is -0.229. The Labute approximate surface area is 95.5 Å². The summed E-state index contributed by atoms with van der Waals surface area (Å²) in [6.07, 6.45) is 3.84. The molecule has 0 aliphatic carbocycles. The molecular formula is C11H18N4O. The predicted octanol–water partition coefficient (Wildman–Crippen LogP) is 1.22. The fourth-order valence-corrected chi connectivity index (χ4v) is 1.27. The number of carbonyl (C=O) groups is 1. The van der Waals surface area contributed by atoms with Gasteiger partial charge in [0, 0.05) is 6.04 Å². The van der Waals surface area contributed by atoms with E-state index in [4.69, 9.17) is 5.73 Å². The Bertz CT molecular complexity index is 367. The SMILES string of the molecule is CCC(C)C(C)NC(=O)c1cncc(N)n1. The summed E-state index contributed by atoms with van der Waals surface area (Å²) in [5.74, 6) is 0.453. The molecule has 0 aromatic carbocycles. The maximum Gasteiger partial charge on any atom is 0.271 e. The topological polar surface area (TPSA) is 80.9 Å². The van der Waals surface area contributed by atoms with Crippen molar-refractivity contribution in [3.8, 4) is 0 Å². The van der Waals surface area contributed by atoms with Crippen molar-refractivity contribution < 1.29 is 4.79 Å². The van der Waals surface area contributed by atoms with Gasteiger partial charge in [-0.3, -0.25) is 9.78 Å². The molecule has 0 saturated carbocycles. The number of nitrogens with zero attached hydrogens (tertiary/aromatic N) is 2. The van der Waals surface area contributed by atoms with Crippen LogP contribution in [0.4, 0.5) is 5.82 Å². The van der Waals surface area contributed by atoms with Gasteiger partial charge in [-0.1, -0.05) is 20.3 Å². The molecule has 16 heavy (non-hydrogen) atoms. The highest BCUT2D eigenvalue weighted by Gasteiger charge is 2.15. The van der Waals surface area contributed by atoms with E-state index in [1.807, 2.05) is 6.92 Å². The Kier molecular flexibility index (Phi) is 4.22. The van der Waals surface area contributed by atoms with Gasteiger partial charge in [-0.2, -0.15) is 0 Å². The van der Waals surface area contributed by atoms with Crippen molar-refractivity contribution in [1.29, 1.82) is 0 Å². The molecule has 1 heterocycles. The number of nitrogens with two attached hydrogens (primary N) is 1. The molecule has 1 aromatic heterocycles. The lowest BCUT2D eigenvalue weighted by atomic mass is 10.0. The summed E-state index contributed by atoms with van der Waals surface area (Å²) in [6.45, 7) is 6.16. The normalized spacial score (nSPS) is 14.2. The molecule has 3 N–H and O–H groups in total. The Hall–Kier alpha value is -1.65. The van der Waals surface area contributed by atoms with Crippen LogP contribution in [0, 0.1) is 5.92 Å². The first-order valence-corrected chi connectivity index (χ1v) is 5.43. The number of carbonyl (C=O) groups excluding carboxylic acids is 1. The highest BCUT2D eigenvalue weighted by atomic mass is 16.1. The quantitative estimate of drug-likeness (QED) is 0.802. The van der Waals surface area contributed by atoms with E-state index in [2.05, 4.69) is 29.1 Å². The lowest BCUT2D eigenvalue weighted by Crippen LogP contribution is -2.37.